The van der Waals surface area contributed by atoms with Crippen LogP contribution < -0.4 is 21.5 Å². The number of aromatic hydroxyl groups is 1. The summed E-state index contributed by atoms with van der Waals surface area (Å²) in [5.41, 5.74) is -1.11. The minimum absolute atomic E-state index is 0.0114. The number of amides is 1. The van der Waals surface area contributed by atoms with E-state index in [1.807, 2.05) is 19.9 Å². The number of rotatable bonds is 7. The second-order valence-corrected chi connectivity index (χ2v) is 8.94. The van der Waals surface area contributed by atoms with Gasteiger partial charge in [-0.3, -0.25) is 14.4 Å². The fourth-order valence-corrected chi connectivity index (χ4v) is 4.21. The molecule has 9 nitrogen and oxygen atoms in total. The maximum Gasteiger partial charge on any atom is 0.257 e. The van der Waals surface area contributed by atoms with Gasteiger partial charge in [-0.05, 0) is 53.9 Å². The van der Waals surface area contributed by atoms with Crippen LogP contribution >= 0.6 is 15.9 Å². The highest BCUT2D eigenvalue weighted by Crippen LogP contribution is 2.34. The van der Waals surface area contributed by atoms with E-state index in [2.05, 4.69) is 26.6 Å². The molecule has 1 saturated heterocycles. The van der Waals surface area contributed by atoms with Crippen molar-refractivity contribution in [1.82, 2.24) is 4.90 Å². The molecule has 4 N–H and O–H groups in total. The van der Waals surface area contributed by atoms with Gasteiger partial charge in [-0.15, -0.1) is 0 Å². The molecule has 0 spiro atoms. The molecule has 0 aliphatic carbocycles. The van der Waals surface area contributed by atoms with Gasteiger partial charge in [0, 0.05) is 13.1 Å². The zero-order valence-electron chi connectivity index (χ0n) is 18.1. The number of phenols is 1. The number of phenolic OH excluding ortho intramolecular Hbond substituents is 1. The van der Waals surface area contributed by atoms with Crippen LogP contribution in [0.15, 0.2) is 42.7 Å². The number of nitrogens with one attached hydrogen (secondary N) is 2. The molecule has 1 amide bonds. The van der Waals surface area contributed by atoms with Crippen LogP contribution in [0.25, 0.3) is 0 Å². The molecule has 33 heavy (non-hydrogen) atoms. The summed E-state index contributed by atoms with van der Waals surface area (Å²) in [5.74, 6) is 0.566. The molecule has 0 saturated carbocycles. The van der Waals surface area contributed by atoms with Gasteiger partial charge < -0.3 is 30.2 Å². The Morgan fingerprint density at radius 3 is 2.64 bits per heavy atom. The molecule has 1 aromatic heterocycles. The van der Waals surface area contributed by atoms with E-state index in [0.717, 1.165) is 4.47 Å². The third-order valence-corrected chi connectivity index (χ3v) is 6.62. The second kappa shape index (κ2) is 9.03. The number of hydrogen-bond donors (Lipinski definition) is 4. The highest BCUT2D eigenvalue weighted by atomic mass is 79.9. The van der Waals surface area contributed by atoms with Gasteiger partial charge in [0.25, 0.3) is 16.8 Å². The number of benzene rings is 1. The van der Waals surface area contributed by atoms with Crippen molar-refractivity contribution in [2.75, 3.05) is 23.7 Å². The van der Waals surface area contributed by atoms with Gasteiger partial charge in [0.15, 0.2) is 5.75 Å². The van der Waals surface area contributed by atoms with Crippen LogP contribution in [0.5, 0.6) is 5.75 Å². The van der Waals surface area contributed by atoms with Crippen molar-refractivity contribution in [3.63, 3.8) is 0 Å². The Hall–Kier alpha value is -3.11. The number of aryl methyl sites for hydroxylation is 1. The number of likely N-dealkylation sites (tertiary alicyclic amines) is 1. The SMILES string of the molecule is CC[C@@H](Nc1c(Nc2cccc(C(=O)N3CC[C@H](O)C3)c2O)c(=O)c1=O)c1cc(Br)c(C)o1. The van der Waals surface area contributed by atoms with Crippen LogP contribution in [0, 0.1) is 6.92 Å². The molecule has 4 rings (SSSR count). The average molecular weight is 518 g/mol. The Morgan fingerprint density at radius 1 is 1.30 bits per heavy atom. The molecule has 1 aliphatic rings. The van der Waals surface area contributed by atoms with Gasteiger partial charge in [-0.2, -0.15) is 0 Å². The lowest BCUT2D eigenvalue weighted by atomic mass is 10.1. The fraction of sp³-hybridized carbons (Fsp3) is 0.348. The normalized spacial score (nSPS) is 16.8. The summed E-state index contributed by atoms with van der Waals surface area (Å²) in [5, 5.41) is 26.3. The topological polar surface area (TPSA) is 132 Å². The zero-order chi connectivity index (χ0) is 23.9. The van der Waals surface area contributed by atoms with Crippen LogP contribution in [-0.4, -0.2) is 40.2 Å². The third-order valence-electron chi connectivity index (χ3n) is 5.83. The highest BCUT2D eigenvalue weighted by molar-refractivity contribution is 9.10. The number of aliphatic hydroxyl groups is 1. The van der Waals surface area contributed by atoms with E-state index in [1.165, 1.54) is 17.0 Å². The molecule has 3 aromatic rings. The van der Waals surface area contributed by atoms with E-state index in [1.54, 1.807) is 6.07 Å². The molecule has 0 bridgehead atoms. The van der Waals surface area contributed by atoms with E-state index in [9.17, 15) is 24.6 Å². The van der Waals surface area contributed by atoms with Crippen LogP contribution in [0.4, 0.5) is 17.1 Å². The van der Waals surface area contributed by atoms with E-state index in [0.29, 0.717) is 30.9 Å². The molecular weight excluding hydrogens is 494 g/mol. The number of carbonyl (C=O) groups excluding carboxylic acids is 1. The molecule has 174 valence electrons. The van der Waals surface area contributed by atoms with Crippen molar-refractivity contribution in [2.45, 2.75) is 38.8 Å². The number of hydrogen-bond acceptors (Lipinski definition) is 8. The lowest BCUT2D eigenvalue weighted by molar-refractivity contribution is 0.0762. The molecule has 1 aliphatic heterocycles. The summed E-state index contributed by atoms with van der Waals surface area (Å²) >= 11 is 3.40. The lowest BCUT2D eigenvalue weighted by Gasteiger charge is -2.21. The first kappa shape index (κ1) is 23.1. The number of aliphatic hydroxyl groups excluding tert-OH is 1. The van der Waals surface area contributed by atoms with E-state index < -0.39 is 22.9 Å². The van der Waals surface area contributed by atoms with E-state index in [4.69, 9.17) is 4.42 Å². The molecular formula is C23H24BrN3O6. The van der Waals surface area contributed by atoms with Crippen molar-refractivity contribution in [2.24, 2.45) is 0 Å². The molecule has 2 aromatic carbocycles. The number of nitrogens with zero attached hydrogens (tertiary/aromatic N) is 1. The number of para-hydroxylation sites is 1. The number of halogens is 1. The Bertz CT molecular complexity index is 1260. The summed E-state index contributed by atoms with van der Waals surface area (Å²) in [7, 11) is 0. The van der Waals surface area contributed by atoms with Gasteiger partial charge in [-0.25, -0.2) is 0 Å². The van der Waals surface area contributed by atoms with E-state index in [-0.39, 0.29) is 41.0 Å². The van der Waals surface area contributed by atoms with Crippen molar-refractivity contribution in [3.05, 3.63) is 66.3 Å². The molecule has 0 unspecified atom stereocenters. The Kier molecular flexibility index (Phi) is 6.31. The molecule has 2 atom stereocenters. The molecule has 0 radical (unpaired) electrons. The third kappa shape index (κ3) is 4.28. The highest BCUT2D eigenvalue weighted by Gasteiger charge is 2.29. The molecule has 1 fully saturated rings. The Labute approximate surface area is 197 Å². The first-order valence-corrected chi connectivity index (χ1v) is 11.4. The van der Waals surface area contributed by atoms with Crippen molar-refractivity contribution < 1.29 is 19.4 Å². The monoisotopic (exact) mass is 517 g/mol. The van der Waals surface area contributed by atoms with Gasteiger partial charge in [-0.1, -0.05) is 13.0 Å². The minimum Gasteiger partial charge on any atom is -0.505 e. The number of anilines is 3. The predicted molar refractivity (Wildman–Crippen MR) is 127 cm³/mol. The summed E-state index contributed by atoms with van der Waals surface area (Å²) in [6, 6.07) is 6.01. The Balaban J connectivity index is 1.58. The quantitative estimate of drug-likeness (QED) is 0.277. The van der Waals surface area contributed by atoms with Crippen LogP contribution in [-0.2, 0) is 0 Å². The van der Waals surface area contributed by atoms with Gasteiger partial charge in [0.2, 0.25) is 0 Å². The predicted octanol–water partition coefficient (Wildman–Crippen LogP) is 3.17. The van der Waals surface area contributed by atoms with Crippen molar-refractivity contribution in [3.8, 4) is 5.75 Å². The van der Waals surface area contributed by atoms with Gasteiger partial charge in [0.05, 0.1) is 27.9 Å². The summed E-state index contributed by atoms with van der Waals surface area (Å²) in [6.45, 7) is 4.32. The van der Waals surface area contributed by atoms with Gasteiger partial charge >= 0.3 is 0 Å². The number of furan rings is 1. The van der Waals surface area contributed by atoms with Crippen LogP contribution in [0.3, 0.4) is 0 Å². The fourth-order valence-electron chi connectivity index (χ4n) is 3.90. The smallest absolute Gasteiger partial charge is 0.257 e. The summed E-state index contributed by atoms with van der Waals surface area (Å²) in [6.07, 6.45) is 0.488. The molecule has 2 heterocycles. The number of β-amino-alcohol motifs (C(OH)–C–C–N with tert-alkyl or cyclic N) is 1. The molecule has 10 heteroatoms. The number of carbonyl (C=O) groups is 1. The van der Waals surface area contributed by atoms with Gasteiger partial charge in [0.1, 0.15) is 22.9 Å². The zero-order valence-corrected chi connectivity index (χ0v) is 19.7. The van der Waals surface area contributed by atoms with Crippen LogP contribution in [0.1, 0.15) is 47.7 Å². The van der Waals surface area contributed by atoms with Crippen molar-refractivity contribution in [1.29, 1.82) is 0 Å². The maximum absolute atomic E-state index is 12.8. The van der Waals surface area contributed by atoms with Crippen molar-refractivity contribution >= 4 is 38.9 Å². The largest absolute Gasteiger partial charge is 0.505 e. The first-order valence-electron chi connectivity index (χ1n) is 10.6. The van der Waals surface area contributed by atoms with E-state index >= 15 is 0 Å². The second-order valence-electron chi connectivity index (χ2n) is 8.09. The standard InChI is InChI=1S/C23H24BrN3O6/c1-3-15(17-9-14(24)11(2)33-17)25-18-19(22(31)21(18)30)26-16-6-4-5-13(20(16)29)23(32)27-8-7-12(28)10-27/h4-6,9,12,15,25-26,28-29H,3,7-8,10H2,1-2H3/t12-,15+/m0/s1. The average Bonchev–Trinajstić information content (AvgIpc) is 3.38. The minimum atomic E-state index is -0.719. The summed E-state index contributed by atoms with van der Waals surface area (Å²) < 4.78 is 6.53. The maximum atomic E-state index is 12.8. The Morgan fingerprint density at radius 2 is 2.03 bits per heavy atom. The lowest BCUT2D eigenvalue weighted by Crippen LogP contribution is -2.37. The van der Waals surface area contributed by atoms with Crippen LogP contribution in [0.2, 0.25) is 0 Å². The summed E-state index contributed by atoms with van der Waals surface area (Å²) in [4.78, 5) is 38.8. The first-order chi connectivity index (χ1) is 15.7.